The molecule has 0 aliphatic heterocycles. The smallest absolute Gasteiger partial charge is 0.387 e. The second-order valence-corrected chi connectivity index (χ2v) is 4.28. The van der Waals surface area contributed by atoms with Gasteiger partial charge in [-0.3, -0.25) is 0 Å². The quantitative estimate of drug-likeness (QED) is 0.607. The molecule has 0 bridgehead atoms. The molecule has 0 saturated heterocycles. The van der Waals surface area contributed by atoms with E-state index in [-0.39, 0.29) is 23.5 Å². The van der Waals surface area contributed by atoms with Crippen molar-refractivity contribution in [3.63, 3.8) is 0 Å². The molecule has 0 saturated carbocycles. The fourth-order valence-electron chi connectivity index (χ4n) is 1.27. The Morgan fingerprint density at radius 3 is 2.72 bits per heavy atom. The highest BCUT2D eigenvalue weighted by atomic mass is 127. The first-order valence-electron chi connectivity index (χ1n) is 4.85. The minimum atomic E-state index is -3.08. The normalized spacial score (nSPS) is 10.0. The molecule has 0 fully saturated rings. The molecular formula is C11H8F2INO3. The largest absolute Gasteiger partial charge is 0.462 e. The molecule has 4 nitrogen and oxygen atoms in total. The van der Waals surface area contributed by atoms with Crippen molar-refractivity contribution in [2.24, 2.45) is 0 Å². The molecule has 0 amide bonds. The van der Waals surface area contributed by atoms with Gasteiger partial charge in [-0.25, -0.2) is 4.79 Å². The molecule has 1 rings (SSSR count). The first kappa shape index (κ1) is 14.6. The van der Waals surface area contributed by atoms with Crippen LogP contribution in [0.3, 0.4) is 0 Å². The molecule has 0 N–H and O–H groups in total. The lowest BCUT2D eigenvalue weighted by atomic mass is 10.1. The Morgan fingerprint density at radius 1 is 1.56 bits per heavy atom. The van der Waals surface area contributed by atoms with Crippen LogP contribution in [0.1, 0.15) is 22.8 Å². The topological polar surface area (TPSA) is 59.3 Å². The Bertz CT molecular complexity index is 500. The standard InChI is InChI=1S/C11H8F2INO3/c1-2-17-10(16)9-6(5-15)3-7(14)4-8(9)18-11(12)13/h3-4,11H,2H2,1H3. The van der Waals surface area contributed by atoms with Crippen LogP contribution in [-0.4, -0.2) is 19.2 Å². The van der Waals surface area contributed by atoms with Gasteiger partial charge in [0.25, 0.3) is 0 Å². The number of halogens is 3. The molecular weight excluding hydrogens is 359 g/mol. The van der Waals surface area contributed by atoms with Crippen LogP contribution in [0.5, 0.6) is 5.75 Å². The van der Waals surface area contributed by atoms with E-state index in [1.54, 1.807) is 13.0 Å². The summed E-state index contributed by atoms with van der Waals surface area (Å²) in [5.41, 5.74) is -0.337. The van der Waals surface area contributed by atoms with Crippen LogP contribution in [0.4, 0.5) is 8.78 Å². The van der Waals surface area contributed by atoms with Crippen LogP contribution < -0.4 is 4.74 Å². The van der Waals surface area contributed by atoms with Gasteiger partial charge >= 0.3 is 12.6 Å². The van der Waals surface area contributed by atoms with Gasteiger partial charge in [0, 0.05) is 3.57 Å². The minimum Gasteiger partial charge on any atom is -0.462 e. The number of benzene rings is 1. The van der Waals surface area contributed by atoms with Crippen molar-refractivity contribution >= 4 is 28.6 Å². The van der Waals surface area contributed by atoms with Crippen molar-refractivity contribution in [1.29, 1.82) is 5.26 Å². The molecule has 0 aliphatic carbocycles. The number of rotatable bonds is 4. The number of carbonyl (C=O) groups is 1. The van der Waals surface area contributed by atoms with Crippen LogP contribution in [0.2, 0.25) is 0 Å². The number of nitriles is 1. The van der Waals surface area contributed by atoms with Gasteiger partial charge in [-0.15, -0.1) is 0 Å². The van der Waals surface area contributed by atoms with Crippen LogP contribution in [0.15, 0.2) is 12.1 Å². The molecule has 0 spiro atoms. The molecule has 0 aromatic heterocycles. The van der Waals surface area contributed by atoms with Gasteiger partial charge in [-0.2, -0.15) is 14.0 Å². The van der Waals surface area contributed by atoms with Crippen molar-refractivity contribution in [2.75, 3.05) is 6.61 Å². The Kier molecular flexibility index (Phi) is 5.27. The molecule has 1 aromatic rings. The van der Waals surface area contributed by atoms with Crippen molar-refractivity contribution in [1.82, 2.24) is 0 Å². The first-order valence-corrected chi connectivity index (χ1v) is 5.93. The van der Waals surface area contributed by atoms with E-state index in [1.165, 1.54) is 12.1 Å². The third kappa shape index (κ3) is 3.53. The molecule has 1 aromatic carbocycles. The minimum absolute atomic E-state index is 0.0593. The van der Waals surface area contributed by atoms with E-state index in [4.69, 9.17) is 10.00 Å². The Balaban J connectivity index is 3.33. The van der Waals surface area contributed by atoms with Crippen LogP contribution in [0, 0.1) is 14.9 Å². The summed E-state index contributed by atoms with van der Waals surface area (Å²) in [6.45, 7) is -1.43. The zero-order valence-electron chi connectivity index (χ0n) is 9.25. The lowest BCUT2D eigenvalue weighted by Gasteiger charge is -2.11. The molecule has 18 heavy (non-hydrogen) atoms. The van der Waals surface area contributed by atoms with E-state index in [9.17, 15) is 13.6 Å². The molecule has 0 atom stereocenters. The zero-order chi connectivity index (χ0) is 13.7. The van der Waals surface area contributed by atoms with Gasteiger partial charge in [0.2, 0.25) is 0 Å². The third-order valence-electron chi connectivity index (χ3n) is 1.88. The fraction of sp³-hybridized carbons (Fsp3) is 0.273. The Morgan fingerprint density at radius 2 is 2.22 bits per heavy atom. The van der Waals surface area contributed by atoms with Gasteiger partial charge in [0.05, 0.1) is 12.2 Å². The van der Waals surface area contributed by atoms with E-state index < -0.39 is 12.6 Å². The molecule has 96 valence electrons. The number of carbonyl (C=O) groups excluding carboxylic acids is 1. The maximum atomic E-state index is 12.3. The number of ether oxygens (including phenoxy) is 2. The maximum Gasteiger partial charge on any atom is 0.387 e. The predicted molar refractivity (Wildman–Crippen MR) is 66.5 cm³/mol. The number of alkyl halides is 2. The van der Waals surface area contributed by atoms with E-state index in [2.05, 4.69) is 4.74 Å². The number of esters is 1. The molecule has 0 aliphatic rings. The summed E-state index contributed by atoms with van der Waals surface area (Å²) in [5.74, 6) is -1.21. The van der Waals surface area contributed by atoms with E-state index in [0.29, 0.717) is 3.57 Å². The second kappa shape index (κ2) is 6.49. The monoisotopic (exact) mass is 367 g/mol. The van der Waals surface area contributed by atoms with Crippen LogP contribution in [0.25, 0.3) is 0 Å². The summed E-state index contributed by atoms with van der Waals surface area (Å²) in [7, 11) is 0. The van der Waals surface area contributed by atoms with Gasteiger partial charge in [-0.1, -0.05) is 0 Å². The van der Waals surface area contributed by atoms with Crippen molar-refractivity contribution in [3.05, 3.63) is 26.8 Å². The van der Waals surface area contributed by atoms with Gasteiger partial charge < -0.3 is 9.47 Å². The van der Waals surface area contributed by atoms with Crippen molar-refractivity contribution < 1.29 is 23.0 Å². The van der Waals surface area contributed by atoms with Gasteiger partial charge in [0.15, 0.2) is 0 Å². The van der Waals surface area contributed by atoms with Gasteiger partial charge in [0.1, 0.15) is 17.4 Å². The maximum absolute atomic E-state index is 12.3. The highest BCUT2D eigenvalue weighted by molar-refractivity contribution is 14.1. The third-order valence-corrected chi connectivity index (χ3v) is 2.51. The number of hydrogen-bond donors (Lipinski definition) is 0. The van der Waals surface area contributed by atoms with Gasteiger partial charge in [-0.05, 0) is 41.6 Å². The second-order valence-electron chi connectivity index (χ2n) is 3.04. The molecule has 0 heterocycles. The van der Waals surface area contributed by atoms with Crippen LogP contribution in [-0.2, 0) is 4.74 Å². The lowest BCUT2D eigenvalue weighted by Crippen LogP contribution is -2.12. The zero-order valence-corrected chi connectivity index (χ0v) is 11.4. The molecule has 7 heteroatoms. The number of nitrogens with zero attached hydrogens (tertiary/aromatic N) is 1. The highest BCUT2D eigenvalue weighted by Gasteiger charge is 2.22. The first-order chi connectivity index (χ1) is 8.49. The average Bonchev–Trinajstić information content (AvgIpc) is 2.27. The summed E-state index contributed by atoms with van der Waals surface area (Å²) in [4.78, 5) is 11.6. The summed E-state index contributed by atoms with van der Waals surface area (Å²) in [6.07, 6.45) is 0. The predicted octanol–water partition coefficient (Wildman–Crippen LogP) is 2.94. The Labute approximate surface area is 116 Å². The number of hydrogen-bond acceptors (Lipinski definition) is 4. The van der Waals surface area contributed by atoms with E-state index in [0.717, 1.165) is 0 Å². The average molecular weight is 367 g/mol. The van der Waals surface area contributed by atoms with Crippen LogP contribution >= 0.6 is 22.6 Å². The van der Waals surface area contributed by atoms with Crippen molar-refractivity contribution in [3.8, 4) is 11.8 Å². The van der Waals surface area contributed by atoms with Crippen molar-refractivity contribution in [2.45, 2.75) is 13.5 Å². The summed E-state index contributed by atoms with van der Waals surface area (Å²) in [6, 6.07) is 4.40. The van der Waals surface area contributed by atoms with E-state index in [1.807, 2.05) is 22.6 Å². The SMILES string of the molecule is CCOC(=O)c1c(C#N)cc(I)cc1OC(F)F. The Hall–Kier alpha value is -1.43. The summed E-state index contributed by atoms with van der Waals surface area (Å²) in [5, 5.41) is 8.91. The molecule has 0 radical (unpaired) electrons. The highest BCUT2D eigenvalue weighted by Crippen LogP contribution is 2.27. The fourth-order valence-corrected chi connectivity index (χ4v) is 1.87. The summed E-state index contributed by atoms with van der Waals surface area (Å²) < 4.78 is 34.0. The van der Waals surface area contributed by atoms with E-state index >= 15 is 0 Å². The summed E-state index contributed by atoms with van der Waals surface area (Å²) >= 11 is 1.83. The lowest BCUT2D eigenvalue weighted by molar-refractivity contribution is -0.0505. The molecule has 0 unspecified atom stereocenters.